The lowest BCUT2D eigenvalue weighted by Gasteiger charge is -2.16. The van der Waals surface area contributed by atoms with Gasteiger partial charge in [0.15, 0.2) is 17.5 Å². The van der Waals surface area contributed by atoms with Crippen molar-refractivity contribution in [3.63, 3.8) is 0 Å². The van der Waals surface area contributed by atoms with Crippen LogP contribution in [0.25, 0.3) is 133 Å². The van der Waals surface area contributed by atoms with Crippen molar-refractivity contribution in [2.45, 2.75) is 0 Å². The summed E-state index contributed by atoms with van der Waals surface area (Å²) in [4.78, 5) is 16.5. The van der Waals surface area contributed by atoms with E-state index in [1.165, 1.54) is 21.5 Å². The van der Waals surface area contributed by atoms with Crippen LogP contribution in [-0.4, -0.2) is 24.1 Å². The second-order valence-corrected chi connectivity index (χ2v) is 16.8. The molecule has 0 N–H and O–H groups in total. The molecule has 14 aromatic rings. The molecule has 302 valence electrons. The average Bonchev–Trinajstić information content (AvgIpc) is 4.03. The van der Waals surface area contributed by atoms with Crippen LogP contribution >= 0.6 is 0 Å². The van der Waals surface area contributed by atoms with E-state index >= 15 is 0 Å². The van der Waals surface area contributed by atoms with Gasteiger partial charge < -0.3 is 13.6 Å². The minimum atomic E-state index is 0.566. The molecule has 0 aliphatic carbocycles. The van der Waals surface area contributed by atoms with E-state index in [9.17, 15) is 0 Å². The third-order valence-corrected chi connectivity index (χ3v) is 13.1. The van der Waals surface area contributed by atoms with E-state index in [1.54, 1.807) is 0 Å². The maximum Gasteiger partial charge on any atom is 0.166 e. The van der Waals surface area contributed by atoms with E-state index < -0.39 is 0 Å². The number of benzene rings is 10. The Morgan fingerprint density at radius 2 is 0.938 bits per heavy atom. The molecule has 4 heterocycles. The maximum atomic E-state index is 6.66. The van der Waals surface area contributed by atoms with Crippen LogP contribution < -0.4 is 0 Å². The minimum absolute atomic E-state index is 0.566. The molecule has 4 aromatic heterocycles. The van der Waals surface area contributed by atoms with Crippen molar-refractivity contribution in [2.75, 3.05) is 0 Å². The molecule has 0 atom stereocenters. The van der Waals surface area contributed by atoms with Crippen LogP contribution in [0.5, 0.6) is 0 Å². The Hall–Kier alpha value is -8.87. The van der Waals surface area contributed by atoms with Gasteiger partial charge >= 0.3 is 0 Å². The molecule has 6 heteroatoms. The Labute approximate surface area is 371 Å². The first-order valence-corrected chi connectivity index (χ1v) is 21.9. The number of furan rings is 1. The van der Waals surface area contributed by atoms with Crippen LogP contribution in [0, 0.1) is 0 Å². The first kappa shape index (κ1) is 35.7. The van der Waals surface area contributed by atoms with Crippen molar-refractivity contribution in [1.29, 1.82) is 0 Å². The molecule has 6 nitrogen and oxygen atoms in total. The smallest absolute Gasteiger partial charge is 0.166 e. The number of rotatable bonds is 5. The predicted octanol–water partition coefficient (Wildman–Crippen LogP) is 15.3. The lowest BCUT2D eigenvalue weighted by Crippen LogP contribution is -2.04. The fourth-order valence-corrected chi connectivity index (χ4v) is 10.2. The highest BCUT2D eigenvalue weighted by atomic mass is 16.3. The predicted molar refractivity (Wildman–Crippen MR) is 267 cm³/mol. The number of nitrogens with zero attached hydrogens (tertiary/aromatic N) is 5. The first-order valence-electron chi connectivity index (χ1n) is 21.9. The molecule has 0 saturated heterocycles. The molecule has 10 aromatic carbocycles. The van der Waals surface area contributed by atoms with Gasteiger partial charge in [-0.1, -0.05) is 146 Å². The van der Waals surface area contributed by atoms with Crippen molar-refractivity contribution < 1.29 is 4.42 Å². The van der Waals surface area contributed by atoms with Crippen molar-refractivity contribution in [3.05, 3.63) is 212 Å². The van der Waals surface area contributed by atoms with Gasteiger partial charge in [-0.3, -0.25) is 0 Å². The second-order valence-electron chi connectivity index (χ2n) is 16.8. The normalized spacial score (nSPS) is 12.0. The Morgan fingerprint density at radius 1 is 0.323 bits per heavy atom. The monoisotopic (exact) mass is 829 g/mol. The summed E-state index contributed by atoms with van der Waals surface area (Å²) < 4.78 is 11.4. The van der Waals surface area contributed by atoms with E-state index in [4.69, 9.17) is 19.4 Å². The van der Waals surface area contributed by atoms with Gasteiger partial charge in [-0.15, -0.1) is 0 Å². The molecule has 65 heavy (non-hydrogen) atoms. The fourth-order valence-electron chi connectivity index (χ4n) is 10.2. The van der Waals surface area contributed by atoms with Crippen molar-refractivity contribution >= 4 is 87.1 Å². The summed E-state index contributed by atoms with van der Waals surface area (Å²) >= 11 is 0. The topological polar surface area (TPSA) is 61.7 Å². The van der Waals surface area contributed by atoms with Gasteiger partial charge in [-0.05, 0) is 88.3 Å². The largest absolute Gasteiger partial charge is 0.456 e. The molecular formula is C59H35N5O. The highest BCUT2D eigenvalue weighted by Crippen LogP contribution is 2.45. The molecule has 0 saturated carbocycles. The van der Waals surface area contributed by atoms with Gasteiger partial charge in [-0.2, -0.15) is 0 Å². The molecule has 14 rings (SSSR count). The van der Waals surface area contributed by atoms with Crippen molar-refractivity contribution in [3.8, 4) is 45.5 Å². The zero-order valence-electron chi connectivity index (χ0n) is 34.9. The third-order valence-electron chi connectivity index (χ3n) is 13.1. The van der Waals surface area contributed by atoms with Crippen LogP contribution in [-0.2, 0) is 0 Å². The SMILES string of the molecule is c1ccc(-n2c3ccccc3c3c(-c4nc(-c5ccc6ccccc6c5)nc(-c5ccc6oc7ccccc7c6c5-n5c6ccccc6c6cc7ccccc7cc65)n4)cccc32)cc1. The molecular weight excluding hydrogens is 795 g/mol. The molecule has 0 bridgehead atoms. The number of hydrogen-bond acceptors (Lipinski definition) is 4. The maximum absolute atomic E-state index is 6.66. The quantitative estimate of drug-likeness (QED) is 0.173. The summed E-state index contributed by atoms with van der Waals surface area (Å²) in [6, 6.07) is 74.9. The zero-order valence-corrected chi connectivity index (χ0v) is 34.9. The van der Waals surface area contributed by atoms with Gasteiger partial charge in [0.25, 0.3) is 0 Å². The van der Waals surface area contributed by atoms with E-state index in [0.29, 0.717) is 17.5 Å². The first-order chi connectivity index (χ1) is 32.2. The van der Waals surface area contributed by atoms with Crippen molar-refractivity contribution in [2.24, 2.45) is 0 Å². The number of hydrogen-bond donors (Lipinski definition) is 0. The summed E-state index contributed by atoms with van der Waals surface area (Å²) in [6.07, 6.45) is 0. The standard InChI is InChI=1S/C59H35N5O/c1-2-19-41(20-3-1)63-49-26-12-9-22-43(49)54-45(24-14-27-50(54)63)58-60-57(40-30-29-36-15-4-5-16-37(36)33-40)61-59(62-58)46-31-32-53-55(44-23-10-13-28-52(44)65-53)56(46)64-48-25-11-8-21-42(48)47-34-38-17-6-7-18-39(38)35-51(47)64/h1-35H. The van der Waals surface area contributed by atoms with Crippen LogP contribution in [0.1, 0.15) is 0 Å². The van der Waals surface area contributed by atoms with Gasteiger partial charge in [0, 0.05) is 49.3 Å². The van der Waals surface area contributed by atoms with Gasteiger partial charge in [0.2, 0.25) is 0 Å². The summed E-state index contributed by atoms with van der Waals surface area (Å²) in [5, 5.41) is 11.2. The van der Waals surface area contributed by atoms with Gasteiger partial charge in [0.05, 0.1) is 33.1 Å². The molecule has 0 aliphatic rings. The Kier molecular flexibility index (Phi) is 7.59. The summed E-state index contributed by atoms with van der Waals surface area (Å²) in [5.41, 5.74) is 10.7. The van der Waals surface area contributed by atoms with E-state index in [-0.39, 0.29) is 0 Å². The van der Waals surface area contributed by atoms with Crippen LogP contribution in [0.15, 0.2) is 217 Å². The van der Waals surface area contributed by atoms with Crippen LogP contribution in [0.3, 0.4) is 0 Å². The average molecular weight is 830 g/mol. The van der Waals surface area contributed by atoms with Crippen molar-refractivity contribution in [1.82, 2.24) is 24.1 Å². The summed E-state index contributed by atoms with van der Waals surface area (Å²) in [7, 11) is 0. The lowest BCUT2D eigenvalue weighted by molar-refractivity contribution is 0.669. The Balaban J connectivity index is 1.12. The molecule has 0 amide bonds. The second kappa shape index (κ2) is 13.8. The van der Waals surface area contributed by atoms with E-state index in [1.807, 2.05) is 12.1 Å². The van der Waals surface area contributed by atoms with Gasteiger partial charge in [-0.25, -0.2) is 15.0 Å². The number of aromatic nitrogens is 5. The minimum Gasteiger partial charge on any atom is -0.456 e. The van der Waals surface area contributed by atoms with Crippen LogP contribution in [0.2, 0.25) is 0 Å². The van der Waals surface area contributed by atoms with Gasteiger partial charge in [0.1, 0.15) is 11.2 Å². The zero-order chi connectivity index (χ0) is 42.6. The Morgan fingerprint density at radius 3 is 1.75 bits per heavy atom. The summed E-state index contributed by atoms with van der Waals surface area (Å²) in [5.74, 6) is 1.75. The molecule has 0 aliphatic heterocycles. The van der Waals surface area contributed by atoms with Crippen LogP contribution in [0.4, 0.5) is 0 Å². The molecule has 0 fully saturated rings. The molecule has 0 unspecified atom stereocenters. The molecule has 0 radical (unpaired) electrons. The highest BCUT2D eigenvalue weighted by Gasteiger charge is 2.26. The lowest BCUT2D eigenvalue weighted by atomic mass is 10.0. The summed E-state index contributed by atoms with van der Waals surface area (Å²) in [6.45, 7) is 0. The molecule has 0 spiro atoms. The fraction of sp³-hybridized carbons (Fsp3) is 0. The third kappa shape index (κ3) is 5.38. The van der Waals surface area contributed by atoms with E-state index in [2.05, 4.69) is 209 Å². The van der Waals surface area contributed by atoms with E-state index in [0.717, 1.165) is 93.6 Å². The number of fused-ring (bicyclic) bond motifs is 11. The highest BCUT2D eigenvalue weighted by molar-refractivity contribution is 6.19. The number of para-hydroxylation sites is 4. The Bertz CT molecular complexity index is 4250.